The lowest BCUT2D eigenvalue weighted by atomic mass is 10.0. The van der Waals surface area contributed by atoms with Crippen LogP contribution in [0.3, 0.4) is 0 Å². The Bertz CT molecular complexity index is 1390. The van der Waals surface area contributed by atoms with Crippen LogP contribution in [0.1, 0.15) is 54.6 Å². The van der Waals surface area contributed by atoms with Gasteiger partial charge in [0, 0.05) is 33.0 Å². The first kappa shape index (κ1) is 33.7. The SMILES string of the molecule is CCOC(=O)C[C@@H](c1ccc(OCc2ccccc2)c(F)c1)N(CC(OC)OC)C(=O)NCCCc1ccc2c(n1)NCCC2. The number of aryl methyl sites for hydroxylation is 2. The lowest BCUT2D eigenvalue weighted by Crippen LogP contribution is -2.47. The van der Waals surface area contributed by atoms with E-state index in [4.69, 9.17) is 23.9 Å². The molecule has 2 aromatic carbocycles. The Kier molecular flexibility index (Phi) is 13.0. The summed E-state index contributed by atoms with van der Waals surface area (Å²) >= 11 is 0. The number of nitrogens with zero attached hydrogens (tertiary/aromatic N) is 2. The van der Waals surface area contributed by atoms with Crippen molar-refractivity contribution >= 4 is 17.8 Å². The zero-order chi connectivity index (χ0) is 32.0. The number of nitrogens with one attached hydrogen (secondary N) is 2. The van der Waals surface area contributed by atoms with Crippen LogP contribution in [-0.2, 0) is 38.5 Å². The predicted octanol–water partition coefficient (Wildman–Crippen LogP) is 5.42. The number of esters is 1. The standard InChI is InChI=1S/C34H43FN4O6/c1-4-44-31(40)21-29(26-15-17-30(28(35)20-26)45-23-24-10-6-5-7-11-24)39(22-32(42-2)43-3)34(41)37-19-9-13-27-16-14-25-12-8-18-36-33(25)38-27/h5-7,10-11,14-17,20,29,32H,4,8-9,12-13,18-19,21-23H2,1-3H3,(H,36,38)(H,37,41)/t29-/m0/s1. The van der Waals surface area contributed by atoms with Gasteiger partial charge in [-0.25, -0.2) is 14.2 Å². The molecule has 2 N–H and O–H groups in total. The summed E-state index contributed by atoms with van der Waals surface area (Å²) in [6.07, 6.45) is 2.46. The topological polar surface area (TPSA) is 111 Å². The Balaban J connectivity index is 1.49. The maximum Gasteiger partial charge on any atom is 0.318 e. The van der Waals surface area contributed by atoms with E-state index in [1.165, 1.54) is 36.8 Å². The van der Waals surface area contributed by atoms with Gasteiger partial charge in [0.1, 0.15) is 12.4 Å². The fraction of sp³-hybridized carbons (Fsp3) is 0.441. The third-order valence-corrected chi connectivity index (χ3v) is 7.59. The first-order valence-corrected chi connectivity index (χ1v) is 15.4. The molecule has 1 aliphatic rings. The molecule has 0 radical (unpaired) electrons. The molecule has 45 heavy (non-hydrogen) atoms. The number of carbonyl (C=O) groups excluding carboxylic acids is 2. The molecule has 4 rings (SSSR count). The summed E-state index contributed by atoms with van der Waals surface area (Å²) in [5.41, 5.74) is 3.46. The van der Waals surface area contributed by atoms with Gasteiger partial charge < -0.3 is 34.5 Å². The van der Waals surface area contributed by atoms with Crippen LogP contribution in [0.4, 0.5) is 15.0 Å². The van der Waals surface area contributed by atoms with Crippen LogP contribution in [0.2, 0.25) is 0 Å². The molecule has 0 aliphatic carbocycles. The minimum absolute atomic E-state index is 0.0190. The highest BCUT2D eigenvalue weighted by molar-refractivity contribution is 5.77. The molecular weight excluding hydrogens is 579 g/mol. The Labute approximate surface area is 264 Å². The minimum Gasteiger partial charge on any atom is -0.486 e. The summed E-state index contributed by atoms with van der Waals surface area (Å²) < 4.78 is 37.1. The number of amides is 2. The monoisotopic (exact) mass is 622 g/mol. The van der Waals surface area contributed by atoms with Crippen molar-refractivity contribution in [2.75, 3.05) is 45.8 Å². The highest BCUT2D eigenvalue weighted by atomic mass is 19.1. The molecule has 0 saturated heterocycles. The van der Waals surface area contributed by atoms with Gasteiger partial charge in [0.25, 0.3) is 0 Å². The number of carbonyl (C=O) groups is 2. The van der Waals surface area contributed by atoms with Crippen LogP contribution in [0.25, 0.3) is 0 Å². The van der Waals surface area contributed by atoms with Crippen LogP contribution < -0.4 is 15.4 Å². The number of fused-ring (bicyclic) bond motifs is 1. The Morgan fingerprint density at radius 1 is 1.09 bits per heavy atom. The average molecular weight is 623 g/mol. The summed E-state index contributed by atoms with van der Waals surface area (Å²) in [5, 5.41) is 6.30. The largest absolute Gasteiger partial charge is 0.486 e. The first-order valence-electron chi connectivity index (χ1n) is 15.4. The molecule has 11 heteroatoms. The molecule has 1 aromatic heterocycles. The van der Waals surface area contributed by atoms with E-state index in [0.717, 1.165) is 36.5 Å². The van der Waals surface area contributed by atoms with Gasteiger partial charge in [-0.1, -0.05) is 42.5 Å². The Morgan fingerprint density at radius 3 is 2.62 bits per heavy atom. The average Bonchev–Trinajstić information content (AvgIpc) is 3.06. The summed E-state index contributed by atoms with van der Waals surface area (Å²) in [7, 11) is 2.92. The van der Waals surface area contributed by atoms with E-state index < -0.39 is 30.1 Å². The normalized spacial score (nSPS) is 13.0. The van der Waals surface area contributed by atoms with Crippen molar-refractivity contribution in [1.29, 1.82) is 0 Å². The molecule has 0 saturated carbocycles. The lowest BCUT2D eigenvalue weighted by molar-refractivity contribution is -0.145. The van der Waals surface area contributed by atoms with Crippen molar-refractivity contribution in [2.24, 2.45) is 0 Å². The zero-order valence-corrected chi connectivity index (χ0v) is 26.2. The second kappa shape index (κ2) is 17.3. The van der Waals surface area contributed by atoms with Gasteiger partial charge in [-0.05, 0) is 67.5 Å². The van der Waals surface area contributed by atoms with Gasteiger partial charge in [0.15, 0.2) is 17.9 Å². The number of halogens is 1. The molecule has 2 amide bonds. The highest BCUT2D eigenvalue weighted by Crippen LogP contribution is 2.30. The summed E-state index contributed by atoms with van der Waals surface area (Å²) in [6.45, 7) is 3.32. The van der Waals surface area contributed by atoms with Gasteiger partial charge in [-0.3, -0.25) is 4.79 Å². The van der Waals surface area contributed by atoms with Gasteiger partial charge in [0.2, 0.25) is 0 Å². The minimum atomic E-state index is -0.872. The number of hydrogen-bond acceptors (Lipinski definition) is 8. The van der Waals surface area contributed by atoms with Crippen molar-refractivity contribution in [1.82, 2.24) is 15.2 Å². The molecule has 0 bridgehead atoms. The van der Waals surface area contributed by atoms with Crippen LogP contribution in [-0.4, -0.2) is 68.6 Å². The van der Waals surface area contributed by atoms with E-state index in [1.54, 1.807) is 13.0 Å². The third-order valence-electron chi connectivity index (χ3n) is 7.59. The van der Waals surface area contributed by atoms with Crippen LogP contribution in [0.15, 0.2) is 60.7 Å². The number of methoxy groups -OCH3 is 2. The van der Waals surface area contributed by atoms with E-state index in [9.17, 15) is 9.59 Å². The van der Waals surface area contributed by atoms with Crippen LogP contribution in [0, 0.1) is 5.82 Å². The zero-order valence-electron chi connectivity index (χ0n) is 26.2. The number of hydrogen-bond donors (Lipinski definition) is 2. The molecule has 0 spiro atoms. The number of anilines is 1. The number of urea groups is 1. The van der Waals surface area contributed by atoms with Crippen molar-refractivity contribution < 1.29 is 32.9 Å². The van der Waals surface area contributed by atoms with E-state index >= 15 is 4.39 Å². The summed E-state index contributed by atoms with van der Waals surface area (Å²) in [4.78, 5) is 32.6. The fourth-order valence-electron chi connectivity index (χ4n) is 5.19. The molecule has 3 aromatic rings. The van der Waals surface area contributed by atoms with E-state index in [2.05, 4.69) is 16.7 Å². The maximum atomic E-state index is 15.4. The van der Waals surface area contributed by atoms with Gasteiger partial charge in [-0.2, -0.15) is 0 Å². The van der Waals surface area contributed by atoms with Gasteiger partial charge in [0.05, 0.1) is 25.6 Å². The Hall–Kier alpha value is -4.22. The smallest absolute Gasteiger partial charge is 0.318 e. The number of aromatic nitrogens is 1. The molecular formula is C34H43FN4O6. The Morgan fingerprint density at radius 2 is 1.89 bits per heavy atom. The highest BCUT2D eigenvalue weighted by Gasteiger charge is 2.31. The predicted molar refractivity (Wildman–Crippen MR) is 168 cm³/mol. The molecule has 1 atom stereocenters. The molecule has 10 nitrogen and oxygen atoms in total. The van der Waals surface area contributed by atoms with Gasteiger partial charge in [-0.15, -0.1) is 0 Å². The maximum absolute atomic E-state index is 15.4. The summed E-state index contributed by atoms with van der Waals surface area (Å²) in [6, 6.07) is 16.7. The van der Waals surface area contributed by atoms with E-state index in [-0.39, 0.29) is 31.9 Å². The summed E-state index contributed by atoms with van der Waals surface area (Å²) in [5.74, 6) is -0.140. The molecule has 1 aliphatic heterocycles. The van der Waals surface area contributed by atoms with Gasteiger partial charge >= 0.3 is 12.0 Å². The van der Waals surface area contributed by atoms with Crippen molar-refractivity contribution in [3.63, 3.8) is 0 Å². The molecule has 242 valence electrons. The molecule has 0 fully saturated rings. The lowest BCUT2D eigenvalue weighted by Gasteiger charge is -2.34. The number of pyridine rings is 1. The third kappa shape index (κ3) is 9.89. The van der Waals surface area contributed by atoms with Crippen LogP contribution in [0.5, 0.6) is 5.75 Å². The molecule has 0 unspecified atom stereocenters. The van der Waals surface area contributed by atoms with Crippen molar-refractivity contribution in [3.8, 4) is 5.75 Å². The number of rotatable bonds is 16. The van der Waals surface area contributed by atoms with Crippen molar-refractivity contribution in [3.05, 3.63) is 88.9 Å². The first-order chi connectivity index (χ1) is 21.9. The second-order valence-electron chi connectivity index (χ2n) is 10.7. The fourth-order valence-corrected chi connectivity index (χ4v) is 5.19. The van der Waals surface area contributed by atoms with Crippen molar-refractivity contribution in [2.45, 2.75) is 58.0 Å². The number of benzene rings is 2. The molecule has 2 heterocycles. The number of ether oxygens (including phenoxy) is 4. The quantitative estimate of drug-likeness (QED) is 0.124. The van der Waals surface area contributed by atoms with Crippen LogP contribution >= 0.6 is 0 Å². The van der Waals surface area contributed by atoms with E-state index in [1.807, 2.05) is 36.4 Å². The van der Waals surface area contributed by atoms with E-state index in [0.29, 0.717) is 24.9 Å². The second-order valence-corrected chi connectivity index (χ2v) is 10.7.